The third-order valence-electron chi connectivity index (χ3n) is 27.3. The fourth-order valence-electron chi connectivity index (χ4n) is 21.8. The van der Waals surface area contributed by atoms with Gasteiger partial charge in [-0.3, -0.25) is 0 Å². The molecule has 0 saturated heterocycles. The van der Waals surface area contributed by atoms with E-state index in [1.807, 2.05) is 12.1 Å². The Bertz CT molecular complexity index is 9170. The minimum atomic E-state index is 0.896. The molecule has 28 rings (SSSR count). The van der Waals surface area contributed by atoms with Crippen LogP contribution in [0.2, 0.25) is 0 Å². The molecule has 0 aliphatic heterocycles. The van der Waals surface area contributed by atoms with E-state index in [4.69, 9.17) is 17.7 Å². The molecule has 0 amide bonds. The fourth-order valence-corrected chi connectivity index (χ4v) is 21.8. The molecule has 0 N–H and O–H groups in total. The van der Waals surface area contributed by atoms with Gasteiger partial charge in [0.05, 0.1) is 0 Å². The Hall–Kier alpha value is -16.9. The predicted molar refractivity (Wildman–Crippen MR) is 541 cm³/mol. The van der Waals surface area contributed by atoms with Crippen LogP contribution in [0.25, 0.3) is 284 Å². The van der Waals surface area contributed by atoms with E-state index in [2.05, 4.69) is 425 Å². The van der Waals surface area contributed by atoms with Crippen LogP contribution >= 0.6 is 0 Å². The van der Waals surface area contributed by atoms with Crippen molar-refractivity contribution < 1.29 is 17.7 Å². The van der Waals surface area contributed by atoms with Crippen molar-refractivity contribution in [3.63, 3.8) is 0 Å². The second-order valence-corrected chi connectivity index (χ2v) is 34.1. The van der Waals surface area contributed by atoms with Crippen LogP contribution in [0.1, 0.15) is 0 Å². The Balaban J connectivity index is 0.000000132. The average molecular weight is 1630 g/mol. The largest absolute Gasteiger partial charge is 0.456 e. The van der Waals surface area contributed by atoms with Crippen molar-refractivity contribution >= 4 is 195 Å². The van der Waals surface area contributed by atoms with Crippen LogP contribution < -0.4 is 0 Å². The molecule has 0 radical (unpaired) electrons. The number of para-hydroxylation sites is 4. The molecule has 4 heteroatoms. The molecule has 0 spiro atoms. The lowest BCUT2D eigenvalue weighted by molar-refractivity contribution is 0.669. The van der Waals surface area contributed by atoms with Crippen molar-refractivity contribution in [3.05, 3.63) is 437 Å². The standard InChI is InChI=1S/2C62H36O2/c1-2-14-37(15-3-1)41-34-40-16-4-5-19-42(40)53(35-41)60-47-26-12-22-43(45-24-10-17-38-30-32-56-61(58(38)45)49-20-6-8-28-54(49)63-56)51(47)36-52-44(23-13-27-48(52)60)46-25-11-18-39-31-33-57-62(59(39)46)50-21-7-9-29-55(50)64-57;1-2-14-37(15-3-1)39-34-38-16-4-5-17-40(38)55(35-39)60-49-26-12-22-43(41-20-10-24-47-45(41)30-32-58-61(47)51-18-6-8-28-56(51)63-58)53(49)36-54-44(23-13-27-50(54)60)42-21-11-25-48-46(42)31-33-59-62(48)52-19-7-9-29-57(52)64-59/h2*1-36H. The smallest absolute Gasteiger partial charge is 0.136 e. The van der Waals surface area contributed by atoms with E-state index >= 15 is 0 Å². The van der Waals surface area contributed by atoms with Gasteiger partial charge >= 0.3 is 0 Å². The lowest BCUT2D eigenvalue weighted by Gasteiger charge is -2.20. The number of hydrogen-bond acceptors (Lipinski definition) is 4. The number of furan rings is 4. The predicted octanol–water partition coefficient (Wildman–Crippen LogP) is 35.8. The Morgan fingerprint density at radius 2 is 0.375 bits per heavy atom. The van der Waals surface area contributed by atoms with Gasteiger partial charge in [0.1, 0.15) is 44.7 Å². The highest BCUT2D eigenvalue weighted by Gasteiger charge is 2.27. The van der Waals surface area contributed by atoms with Crippen LogP contribution in [-0.4, -0.2) is 0 Å². The number of benzene rings is 24. The molecule has 0 atom stereocenters. The maximum absolute atomic E-state index is 6.51. The molecule has 28 aromatic rings. The van der Waals surface area contributed by atoms with Crippen molar-refractivity contribution in [2.45, 2.75) is 0 Å². The molecule has 0 unspecified atom stereocenters. The number of hydrogen-bond donors (Lipinski definition) is 0. The fraction of sp³-hybridized carbons (Fsp3) is 0. The second-order valence-electron chi connectivity index (χ2n) is 34.1. The maximum atomic E-state index is 6.51. The molecule has 592 valence electrons. The van der Waals surface area contributed by atoms with Gasteiger partial charge in [-0.05, 0) is 271 Å². The molecule has 0 aliphatic carbocycles. The summed E-state index contributed by atoms with van der Waals surface area (Å²) >= 11 is 0. The molecule has 4 heterocycles. The van der Waals surface area contributed by atoms with Crippen LogP contribution in [-0.2, 0) is 0 Å². The molecule has 0 saturated carbocycles. The van der Waals surface area contributed by atoms with Crippen LogP contribution in [0, 0.1) is 0 Å². The van der Waals surface area contributed by atoms with Gasteiger partial charge in [-0.25, -0.2) is 0 Å². The summed E-state index contributed by atoms with van der Waals surface area (Å²) in [6.07, 6.45) is 0. The zero-order chi connectivity index (χ0) is 83.8. The second kappa shape index (κ2) is 28.3. The lowest BCUT2D eigenvalue weighted by atomic mass is 9.83. The van der Waals surface area contributed by atoms with Crippen molar-refractivity contribution in [2.24, 2.45) is 0 Å². The third-order valence-corrected chi connectivity index (χ3v) is 27.3. The number of fused-ring (bicyclic) bond motifs is 26. The van der Waals surface area contributed by atoms with E-state index in [1.54, 1.807) is 0 Å². The molecule has 4 aromatic heterocycles. The Morgan fingerprint density at radius 1 is 0.109 bits per heavy atom. The monoisotopic (exact) mass is 1620 g/mol. The summed E-state index contributed by atoms with van der Waals surface area (Å²) in [6, 6.07) is 159. The first-order valence-electron chi connectivity index (χ1n) is 44.0. The van der Waals surface area contributed by atoms with E-state index in [-0.39, 0.29) is 0 Å². The van der Waals surface area contributed by atoms with Gasteiger partial charge in [0.2, 0.25) is 0 Å². The molecule has 0 fully saturated rings. The molecular weight excluding hydrogens is 1550 g/mol. The molecular formula is C124H72O4. The zero-order valence-corrected chi connectivity index (χ0v) is 69.2. The van der Waals surface area contributed by atoms with E-state index in [0.29, 0.717) is 0 Å². The first-order valence-corrected chi connectivity index (χ1v) is 44.0. The van der Waals surface area contributed by atoms with Crippen molar-refractivity contribution in [2.75, 3.05) is 0 Å². The lowest BCUT2D eigenvalue weighted by Crippen LogP contribution is -1.93. The van der Waals surface area contributed by atoms with Crippen molar-refractivity contribution in [1.82, 2.24) is 0 Å². The first kappa shape index (κ1) is 71.6. The van der Waals surface area contributed by atoms with Crippen molar-refractivity contribution in [3.8, 4) is 89.0 Å². The van der Waals surface area contributed by atoms with E-state index < -0.39 is 0 Å². The normalized spacial score (nSPS) is 12.1. The van der Waals surface area contributed by atoms with Gasteiger partial charge in [0.25, 0.3) is 0 Å². The molecule has 0 bridgehead atoms. The van der Waals surface area contributed by atoms with Gasteiger partial charge in [-0.15, -0.1) is 0 Å². The molecule has 128 heavy (non-hydrogen) atoms. The highest BCUT2D eigenvalue weighted by Crippen LogP contribution is 2.54. The van der Waals surface area contributed by atoms with Gasteiger partial charge in [-0.2, -0.15) is 0 Å². The average Bonchev–Trinajstić information content (AvgIpc) is 0.857. The van der Waals surface area contributed by atoms with Crippen LogP contribution in [0.5, 0.6) is 0 Å². The highest BCUT2D eigenvalue weighted by atomic mass is 16.3. The summed E-state index contributed by atoms with van der Waals surface area (Å²) in [4.78, 5) is 0. The molecule has 4 nitrogen and oxygen atoms in total. The molecule has 24 aromatic carbocycles. The van der Waals surface area contributed by atoms with E-state index in [0.717, 1.165) is 87.8 Å². The third kappa shape index (κ3) is 11.0. The van der Waals surface area contributed by atoms with Crippen LogP contribution in [0.4, 0.5) is 0 Å². The maximum Gasteiger partial charge on any atom is 0.136 e. The summed E-state index contributed by atoms with van der Waals surface area (Å²) < 4.78 is 25.8. The van der Waals surface area contributed by atoms with E-state index in [1.165, 1.54) is 197 Å². The Labute approximate surface area is 733 Å². The minimum absolute atomic E-state index is 0.896. The first-order chi connectivity index (χ1) is 63.5. The van der Waals surface area contributed by atoms with Gasteiger partial charge in [0.15, 0.2) is 0 Å². The van der Waals surface area contributed by atoms with Gasteiger partial charge in [0, 0.05) is 53.9 Å². The zero-order valence-electron chi connectivity index (χ0n) is 69.2. The summed E-state index contributed by atoms with van der Waals surface area (Å²) in [7, 11) is 0. The SMILES string of the molecule is c1ccc(-c2cc(-c3c4cccc(-c5cccc6c5ccc5oc7ccccc7c56)c4cc4c(-c5cccc6c5ccc5oc7ccccc7c56)cccc34)c3ccccc3c2)cc1.c1ccc(-c2cc(-c3c4cccc(-c5cccc6ccc7oc8ccccc8c7c56)c4cc4c(-c5cccc6ccc7oc8ccccc8c7c56)cccc34)c3ccccc3c2)cc1. The number of rotatable bonds is 8. The minimum Gasteiger partial charge on any atom is -0.456 e. The quantitative estimate of drug-likeness (QED) is 0.142. The summed E-state index contributed by atoms with van der Waals surface area (Å²) in [5.41, 5.74) is 26.4. The highest BCUT2D eigenvalue weighted by molar-refractivity contribution is 6.32. The Morgan fingerprint density at radius 3 is 0.750 bits per heavy atom. The van der Waals surface area contributed by atoms with Crippen LogP contribution in [0.15, 0.2) is 454 Å². The van der Waals surface area contributed by atoms with Crippen molar-refractivity contribution in [1.29, 1.82) is 0 Å². The molecule has 0 aliphatic rings. The summed E-state index contributed by atoms with van der Waals surface area (Å²) in [6.45, 7) is 0. The van der Waals surface area contributed by atoms with Crippen LogP contribution in [0.3, 0.4) is 0 Å². The Kier molecular flexibility index (Phi) is 15.8. The van der Waals surface area contributed by atoms with E-state index in [9.17, 15) is 0 Å². The van der Waals surface area contributed by atoms with Gasteiger partial charge < -0.3 is 17.7 Å². The summed E-state index contributed by atoms with van der Waals surface area (Å²) in [5, 5.41) is 33.2. The topological polar surface area (TPSA) is 52.6 Å². The van der Waals surface area contributed by atoms with Gasteiger partial charge in [-0.1, -0.05) is 352 Å². The summed E-state index contributed by atoms with van der Waals surface area (Å²) in [5.74, 6) is 0.